The standard InChI is InChI=1S/C15H9BrClFOS/c16-12-8-13(20-14(12)17)15(18,19)11-6-5-9-3-1-2-4-10(9)7-11/h1-8,19H. The zero-order valence-electron chi connectivity index (χ0n) is 10.1. The van der Waals surface area contributed by atoms with Gasteiger partial charge < -0.3 is 5.11 Å². The molecule has 0 bridgehead atoms. The van der Waals surface area contributed by atoms with Gasteiger partial charge in [-0.3, -0.25) is 0 Å². The quantitative estimate of drug-likeness (QED) is 0.632. The van der Waals surface area contributed by atoms with E-state index in [2.05, 4.69) is 15.9 Å². The lowest BCUT2D eigenvalue weighted by molar-refractivity contribution is -0.0511. The van der Waals surface area contributed by atoms with Crippen molar-refractivity contribution in [1.29, 1.82) is 0 Å². The Morgan fingerprint density at radius 3 is 2.45 bits per heavy atom. The van der Waals surface area contributed by atoms with Crippen molar-refractivity contribution in [2.24, 2.45) is 0 Å². The van der Waals surface area contributed by atoms with Gasteiger partial charge in [-0.2, -0.15) is 0 Å². The van der Waals surface area contributed by atoms with Gasteiger partial charge in [0, 0.05) is 10.0 Å². The number of fused-ring (bicyclic) bond motifs is 1. The van der Waals surface area contributed by atoms with Crippen molar-refractivity contribution >= 4 is 49.6 Å². The third-order valence-corrected chi connectivity index (χ3v) is 5.66. The monoisotopic (exact) mass is 370 g/mol. The molecule has 3 rings (SSSR count). The van der Waals surface area contributed by atoms with E-state index in [9.17, 15) is 9.50 Å². The van der Waals surface area contributed by atoms with Gasteiger partial charge in [0.05, 0.1) is 4.88 Å². The van der Waals surface area contributed by atoms with Crippen LogP contribution < -0.4 is 0 Å². The minimum atomic E-state index is -2.55. The molecule has 0 aliphatic rings. The van der Waals surface area contributed by atoms with Crippen LogP contribution in [0.5, 0.6) is 0 Å². The zero-order chi connectivity index (χ0) is 14.3. The molecule has 0 fully saturated rings. The highest BCUT2D eigenvalue weighted by Crippen LogP contribution is 2.42. The average Bonchev–Trinajstić information content (AvgIpc) is 2.79. The summed E-state index contributed by atoms with van der Waals surface area (Å²) in [6.45, 7) is 0. The molecule has 1 N–H and O–H groups in total. The number of halogens is 3. The van der Waals surface area contributed by atoms with Crippen LogP contribution in [0.2, 0.25) is 4.34 Å². The maximum absolute atomic E-state index is 14.8. The van der Waals surface area contributed by atoms with Crippen LogP contribution in [0, 0.1) is 0 Å². The number of hydrogen-bond donors (Lipinski definition) is 1. The molecule has 1 unspecified atom stereocenters. The first kappa shape index (κ1) is 14.0. The summed E-state index contributed by atoms with van der Waals surface area (Å²) in [5.41, 5.74) is 0.196. The number of hydrogen-bond acceptors (Lipinski definition) is 2. The first-order valence-electron chi connectivity index (χ1n) is 5.84. The Hall–Kier alpha value is -0.940. The molecule has 1 aromatic heterocycles. The third kappa shape index (κ3) is 2.37. The summed E-state index contributed by atoms with van der Waals surface area (Å²) in [7, 11) is 0. The molecule has 5 heteroatoms. The molecule has 0 amide bonds. The normalized spacial score (nSPS) is 14.4. The van der Waals surface area contributed by atoms with Crippen LogP contribution in [0.3, 0.4) is 0 Å². The van der Waals surface area contributed by atoms with E-state index in [-0.39, 0.29) is 10.4 Å². The Morgan fingerprint density at radius 2 is 1.80 bits per heavy atom. The van der Waals surface area contributed by atoms with E-state index in [1.807, 2.05) is 24.3 Å². The summed E-state index contributed by atoms with van der Waals surface area (Å²) < 4.78 is 15.8. The summed E-state index contributed by atoms with van der Waals surface area (Å²) in [6, 6.07) is 14.1. The molecule has 0 saturated heterocycles. The fourth-order valence-corrected chi connectivity index (χ4v) is 3.75. The first-order chi connectivity index (χ1) is 9.48. The Balaban J connectivity index is 2.12. The Kier molecular flexibility index (Phi) is 3.58. The van der Waals surface area contributed by atoms with Gasteiger partial charge in [-0.05, 0) is 38.8 Å². The van der Waals surface area contributed by atoms with E-state index in [4.69, 9.17) is 11.6 Å². The summed E-state index contributed by atoms with van der Waals surface area (Å²) in [6.07, 6.45) is 0. The lowest BCUT2D eigenvalue weighted by Gasteiger charge is -2.18. The molecule has 20 heavy (non-hydrogen) atoms. The Morgan fingerprint density at radius 1 is 1.10 bits per heavy atom. The van der Waals surface area contributed by atoms with E-state index in [0.717, 1.165) is 22.1 Å². The van der Waals surface area contributed by atoms with E-state index >= 15 is 0 Å². The second-order valence-corrected chi connectivity index (χ2v) is 6.92. The van der Waals surface area contributed by atoms with Crippen LogP contribution >= 0.6 is 38.9 Å². The molecule has 1 heterocycles. The van der Waals surface area contributed by atoms with Gasteiger partial charge in [-0.25, -0.2) is 4.39 Å². The van der Waals surface area contributed by atoms with Crippen LogP contribution in [0.25, 0.3) is 10.8 Å². The topological polar surface area (TPSA) is 20.2 Å². The van der Waals surface area contributed by atoms with Crippen molar-refractivity contribution in [2.45, 2.75) is 5.85 Å². The highest BCUT2D eigenvalue weighted by molar-refractivity contribution is 9.10. The number of benzene rings is 2. The van der Waals surface area contributed by atoms with Crippen molar-refractivity contribution in [3.8, 4) is 0 Å². The minimum absolute atomic E-state index is 0.157. The fraction of sp³-hybridized carbons (Fsp3) is 0.0667. The number of rotatable bonds is 2. The van der Waals surface area contributed by atoms with Crippen molar-refractivity contribution in [2.75, 3.05) is 0 Å². The molecule has 2 aromatic carbocycles. The molecule has 0 radical (unpaired) electrons. The smallest absolute Gasteiger partial charge is 0.268 e. The molecule has 3 aromatic rings. The molecular weight excluding hydrogens is 363 g/mol. The van der Waals surface area contributed by atoms with Crippen LogP contribution in [0.4, 0.5) is 4.39 Å². The van der Waals surface area contributed by atoms with E-state index < -0.39 is 5.85 Å². The van der Waals surface area contributed by atoms with Crippen molar-refractivity contribution in [3.05, 3.63) is 67.8 Å². The molecule has 0 aliphatic heterocycles. The predicted molar refractivity (Wildman–Crippen MR) is 85.1 cm³/mol. The minimum Gasteiger partial charge on any atom is -0.354 e. The summed E-state index contributed by atoms with van der Waals surface area (Å²) in [5, 5.41) is 12.1. The maximum atomic E-state index is 14.8. The third-order valence-electron chi connectivity index (χ3n) is 3.10. The summed E-state index contributed by atoms with van der Waals surface area (Å²) in [4.78, 5) is 0.157. The highest BCUT2D eigenvalue weighted by atomic mass is 79.9. The fourth-order valence-electron chi connectivity index (χ4n) is 2.05. The number of alkyl halides is 1. The van der Waals surface area contributed by atoms with Gasteiger partial charge in [0.25, 0.3) is 5.85 Å². The lowest BCUT2D eigenvalue weighted by atomic mass is 10.0. The molecule has 1 atom stereocenters. The van der Waals surface area contributed by atoms with Gasteiger partial charge >= 0.3 is 0 Å². The second kappa shape index (κ2) is 5.11. The van der Waals surface area contributed by atoms with E-state index in [0.29, 0.717) is 8.81 Å². The molecule has 0 aliphatic carbocycles. The first-order valence-corrected chi connectivity index (χ1v) is 7.83. The summed E-state index contributed by atoms with van der Waals surface area (Å²) in [5.74, 6) is -2.55. The summed E-state index contributed by atoms with van der Waals surface area (Å²) >= 11 is 10.1. The SMILES string of the molecule is OC(F)(c1ccc2ccccc2c1)c1cc(Br)c(Cl)s1. The average molecular weight is 372 g/mol. The van der Waals surface area contributed by atoms with Gasteiger partial charge in [0.1, 0.15) is 4.34 Å². The van der Waals surface area contributed by atoms with E-state index in [1.54, 1.807) is 18.2 Å². The predicted octanol–water partition coefficient (Wildman–Crippen LogP) is 5.48. The molecule has 1 nitrogen and oxygen atoms in total. The maximum Gasteiger partial charge on any atom is 0.268 e. The molecule has 0 spiro atoms. The van der Waals surface area contributed by atoms with Crippen LogP contribution in [-0.2, 0) is 5.85 Å². The molecule has 102 valence electrons. The van der Waals surface area contributed by atoms with Gasteiger partial charge in [-0.1, -0.05) is 48.0 Å². The van der Waals surface area contributed by atoms with Crippen molar-refractivity contribution < 1.29 is 9.50 Å². The largest absolute Gasteiger partial charge is 0.354 e. The van der Waals surface area contributed by atoms with Crippen LogP contribution in [0.1, 0.15) is 10.4 Å². The van der Waals surface area contributed by atoms with Gasteiger partial charge in [0.2, 0.25) is 0 Å². The second-order valence-electron chi connectivity index (χ2n) is 4.42. The van der Waals surface area contributed by atoms with Gasteiger partial charge in [-0.15, -0.1) is 11.3 Å². The Labute approximate surface area is 132 Å². The van der Waals surface area contributed by atoms with Crippen molar-refractivity contribution in [3.63, 3.8) is 0 Å². The number of aliphatic hydroxyl groups is 1. The number of thiophene rings is 1. The zero-order valence-corrected chi connectivity index (χ0v) is 13.3. The van der Waals surface area contributed by atoms with E-state index in [1.165, 1.54) is 6.07 Å². The highest BCUT2D eigenvalue weighted by Gasteiger charge is 2.34. The van der Waals surface area contributed by atoms with Crippen LogP contribution in [-0.4, -0.2) is 5.11 Å². The van der Waals surface area contributed by atoms with Gasteiger partial charge in [0.15, 0.2) is 0 Å². The Bertz CT molecular complexity index is 765. The lowest BCUT2D eigenvalue weighted by Crippen LogP contribution is -2.19. The van der Waals surface area contributed by atoms with Crippen LogP contribution in [0.15, 0.2) is 53.0 Å². The van der Waals surface area contributed by atoms with Crippen molar-refractivity contribution in [1.82, 2.24) is 0 Å². The molecular formula is C15H9BrClFOS. The molecule has 0 saturated carbocycles.